The number of nitrogens with one attached hydrogen (secondary N) is 2. The molecule has 2 amide bonds. The maximum Gasteiger partial charge on any atom is 0.315 e. The Morgan fingerprint density at radius 2 is 2.05 bits per heavy atom. The number of rotatable bonds is 6. The van der Waals surface area contributed by atoms with E-state index in [1.54, 1.807) is 7.11 Å². The minimum atomic E-state index is -0.581. The van der Waals surface area contributed by atoms with Crippen molar-refractivity contribution in [2.45, 2.75) is 19.1 Å². The largest absolute Gasteiger partial charge is 0.375 e. The highest BCUT2D eigenvalue weighted by atomic mass is 79.9. The van der Waals surface area contributed by atoms with Crippen LogP contribution in [0.2, 0.25) is 0 Å². The number of ether oxygens (including phenoxy) is 1. The van der Waals surface area contributed by atoms with E-state index in [0.717, 1.165) is 10.0 Å². The lowest BCUT2D eigenvalue weighted by molar-refractivity contribution is 0.0762. The standard InChI is InChI=1S/C13H18BrFN2O2/c1-9(17-13(18)16-8-7-15)12(19-2)10-3-5-11(14)6-4-10/h3-6,9,12H,7-8H2,1-2H3,(H2,16,17,18)/t9-,12-/m1/s1. The predicted molar refractivity (Wildman–Crippen MR) is 75.9 cm³/mol. The van der Waals surface area contributed by atoms with E-state index >= 15 is 0 Å². The second kappa shape index (κ2) is 8.12. The van der Waals surface area contributed by atoms with Gasteiger partial charge in [0.25, 0.3) is 0 Å². The summed E-state index contributed by atoms with van der Waals surface area (Å²) in [6.07, 6.45) is -0.260. The van der Waals surface area contributed by atoms with Crippen LogP contribution in [0.25, 0.3) is 0 Å². The molecular formula is C13H18BrFN2O2. The first-order valence-electron chi connectivity index (χ1n) is 5.97. The second-order valence-corrected chi connectivity index (χ2v) is 5.00. The van der Waals surface area contributed by atoms with Crippen LogP contribution in [0.15, 0.2) is 28.7 Å². The van der Waals surface area contributed by atoms with E-state index in [2.05, 4.69) is 26.6 Å². The molecule has 2 N–H and O–H groups in total. The third kappa shape index (κ3) is 5.16. The Balaban J connectivity index is 2.63. The molecule has 0 bridgehead atoms. The molecule has 0 saturated carbocycles. The number of carbonyl (C=O) groups excluding carboxylic acids is 1. The lowest BCUT2D eigenvalue weighted by atomic mass is 10.0. The van der Waals surface area contributed by atoms with Gasteiger partial charge in [-0.25, -0.2) is 9.18 Å². The summed E-state index contributed by atoms with van der Waals surface area (Å²) in [5, 5.41) is 5.14. The average Bonchev–Trinajstić information content (AvgIpc) is 2.39. The molecule has 1 rings (SSSR count). The maximum absolute atomic E-state index is 11.9. The van der Waals surface area contributed by atoms with Crippen LogP contribution in [0.1, 0.15) is 18.6 Å². The van der Waals surface area contributed by atoms with Gasteiger partial charge < -0.3 is 15.4 Å². The number of halogens is 2. The molecule has 19 heavy (non-hydrogen) atoms. The molecule has 0 aromatic heterocycles. The van der Waals surface area contributed by atoms with Gasteiger partial charge in [0.1, 0.15) is 12.8 Å². The van der Waals surface area contributed by atoms with E-state index in [9.17, 15) is 9.18 Å². The molecular weight excluding hydrogens is 315 g/mol. The summed E-state index contributed by atoms with van der Waals surface area (Å²) in [7, 11) is 1.59. The van der Waals surface area contributed by atoms with Crippen molar-refractivity contribution in [1.82, 2.24) is 10.6 Å². The smallest absolute Gasteiger partial charge is 0.315 e. The van der Waals surface area contributed by atoms with Crippen molar-refractivity contribution in [1.29, 1.82) is 0 Å². The number of benzene rings is 1. The number of urea groups is 1. The molecule has 0 unspecified atom stereocenters. The topological polar surface area (TPSA) is 50.4 Å². The lowest BCUT2D eigenvalue weighted by Crippen LogP contribution is -2.44. The normalized spacial score (nSPS) is 13.7. The molecule has 0 aliphatic heterocycles. The zero-order valence-electron chi connectivity index (χ0n) is 11.0. The minimum Gasteiger partial charge on any atom is -0.375 e. The molecule has 2 atom stereocenters. The van der Waals surface area contributed by atoms with Crippen molar-refractivity contribution in [3.8, 4) is 0 Å². The van der Waals surface area contributed by atoms with Crippen LogP contribution in [-0.2, 0) is 4.74 Å². The number of carbonyl (C=O) groups is 1. The van der Waals surface area contributed by atoms with Crippen molar-refractivity contribution in [2.75, 3.05) is 20.3 Å². The average molecular weight is 333 g/mol. The highest BCUT2D eigenvalue weighted by molar-refractivity contribution is 9.10. The summed E-state index contributed by atoms with van der Waals surface area (Å²) in [5.41, 5.74) is 0.962. The van der Waals surface area contributed by atoms with E-state index in [0.29, 0.717) is 0 Å². The van der Waals surface area contributed by atoms with Gasteiger partial charge in [-0.1, -0.05) is 28.1 Å². The highest BCUT2D eigenvalue weighted by Crippen LogP contribution is 2.22. The fraction of sp³-hybridized carbons (Fsp3) is 0.462. The van der Waals surface area contributed by atoms with Gasteiger partial charge in [-0.2, -0.15) is 0 Å². The van der Waals surface area contributed by atoms with Crippen LogP contribution in [0.5, 0.6) is 0 Å². The quantitative estimate of drug-likeness (QED) is 0.841. The Bertz CT molecular complexity index is 400. The van der Waals surface area contributed by atoms with Gasteiger partial charge >= 0.3 is 6.03 Å². The molecule has 0 saturated heterocycles. The Labute approximate surface area is 120 Å². The minimum absolute atomic E-state index is 0.00842. The fourth-order valence-corrected chi connectivity index (χ4v) is 2.04. The van der Waals surface area contributed by atoms with E-state index in [-0.39, 0.29) is 18.7 Å². The highest BCUT2D eigenvalue weighted by Gasteiger charge is 2.20. The summed E-state index contributed by atoms with van der Waals surface area (Å²) in [6.45, 7) is 1.27. The summed E-state index contributed by atoms with van der Waals surface area (Å²) < 4.78 is 18.3. The maximum atomic E-state index is 11.9. The Morgan fingerprint density at radius 1 is 1.42 bits per heavy atom. The van der Waals surface area contributed by atoms with Crippen LogP contribution >= 0.6 is 15.9 Å². The number of amides is 2. The molecule has 0 aliphatic rings. The van der Waals surface area contributed by atoms with Gasteiger partial charge in [-0.3, -0.25) is 0 Å². The molecule has 0 spiro atoms. The summed E-state index contributed by atoms with van der Waals surface area (Å²) in [6, 6.07) is 7.05. The molecule has 0 heterocycles. The molecule has 6 heteroatoms. The van der Waals surface area contributed by atoms with Crippen LogP contribution in [-0.4, -0.2) is 32.4 Å². The Kier molecular flexibility index (Phi) is 6.80. The fourth-order valence-electron chi connectivity index (χ4n) is 1.78. The SMILES string of the molecule is CO[C@@H](c1ccc(Br)cc1)[C@@H](C)NC(=O)NCCF. The zero-order chi connectivity index (χ0) is 14.3. The van der Waals surface area contributed by atoms with Crippen molar-refractivity contribution in [3.63, 3.8) is 0 Å². The van der Waals surface area contributed by atoms with Gasteiger partial charge in [0.2, 0.25) is 0 Å². The van der Waals surface area contributed by atoms with Crippen LogP contribution in [0.4, 0.5) is 9.18 Å². The first-order chi connectivity index (χ1) is 9.08. The van der Waals surface area contributed by atoms with Gasteiger partial charge in [0.15, 0.2) is 0 Å². The van der Waals surface area contributed by atoms with Gasteiger partial charge in [0.05, 0.1) is 6.04 Å². The van der Waals surface area contributed by atoms with E-state index in [4.69, 9.17) is 4.74 Å². The van der Waals surface area contributed by atoms with Crippen LogP contribution in [0, 0.1) is 0 Å². The number of hydrogen-bond donors (Lipinski definition) is 2. The van der Waals surface area contributed by atoms with E-state index in [1.165, 1.54) is 0 Å². The zero-order valence-corrected chi connectivity index (χ0v) is 12.5. The third-order valence-electron chi connectivity index (χ3n) is 2.65. The van der Waals surface area contributed by atoms with Crippen LogP contribution < -0.4 is 10.6 Å². The van der Waals surface area contributed by atoms with E-state index < -0.39 is 12.7 Å². The summed E-state index contributed by atoms with van der Waals surface area (Å²) in [4.78, 5) is 11.5. The van der Waals surface area contributed by atoms with Crippen molar-refractivity contribution < 1.29 is 13.9 Å². The number of alkyl halides is 1. The summed E-state index contributed by atoms with van der Waals surface area (Å²) >= 11 is 3.37. The van der Waals surface area contributed by atoms with Crippen molar-refractivity contribution in [2.24, 2.45) is 0 Å². The second-order valence-electron chi connectivity index (χ2n) is 4.09. The van der Waals surface area contributed by atoms with Crippen molar-refractivity contribution in [3.05, 3.63) is 34.3 Å². The molecule has 1 aromatic rings. The molecule has 0 fully saturated rings. The monoisotopic (exact) mass is 332 g/mol. The Hall–Kier alpha value is -1.14. The molecule has 4 nitrogen and oxygen atoms in total. The van der Waals surface area contributed by atoms with Gasteiger partial charge in [0, 0.05) is 18.1 Å². The molecule has 0 aliphatic carbocycles. The molecule has 1 aromatic carbocycles. The first-order valence-corrected chi connectivity index (χ1v) is 6.76. The van der Waals surface area contributed by atoms with Crippen molar-refractivity contribution >= 4 is 22.0 Å². The third-order valence-corrected chi connectivity index (χ3v) is 3.17. The Morgan fingerprint density at radius 3 is 2.58 bits per heavy atom. The lowest BCUT2D eigenvalue weighted by Gasteiger charge is -2.24. The van der Waals surface area contributed by atoms with Crippen LogP contribution in [0.3, 0.4) is 0 Å². The molecule has 0 radical (unpaired) electrons. The van der Waals surface area contributed by atoms with E-state index in [1.807, 2.05) is 31.2 Å². The first kappa shape index (κ1) is 15.9. The molecule has 106 valence electrons. The summed E-state index contributed by atoms with van der Waals surface area (Å²) in [5.74, 6) is 0. The van der Waals surface area contributed by atoms with Gasteiger partial charge in [-0.15, -0.1) is 0 Å². The number of hydrogen-bond acceptors (Lipinski definition) is 2. The van der Waals surface area contributed by atoms with Gasteiger partial charge in [-0.05, 0) is 24.6 Å². The predicted octanol–water partition coefficient (Wildman–Crippen LogP) is 2.79. The number of methoxy groups -OCH3 is 1.